The third kappa shape index (κ3) is 4.08. The number of aromatic nitrogens is 2. The number of ether oxygens (including phenoxy) is 1. The number of halogens is 1. The molecule has 2 aromatic rings. The van der Waals surface area contributed by atoms with Gasteiger partial charge < -0.3 is 10.1 Å². The number of benzene rings is 1. The fourth-order valence-corrected chi connectivity index (χ4v) is 2.24. The van der Waals surface area contributed by atoms with Gasteiger partial charge in [-0.25, -0.2) is 0 Å². The molecule has 0 aliphatic heterocycles. The maximum Gasteiger partial charge on any atom is 0.165 e. The molecule has 1 aromatic heterocycles. The van der Waals surface area contributed by atoms with Gasteiger partial charge in [0.25, 0.3) is 0 Å². The molecule has 0 saturated carbocycles. The van der Waals surface area contributed by atoms with Crippen molar-refractivity contribution in [3.63, 3.8) is 0 Å². The lowest BCUT2D eigenvalue weighted by Crippen LogP contribution is -2.12. The van der Waals surface area contributed by atoms with Crippen molar-refractivity contribution in [3.8, 4) is 11.5 Å². The summed E-state index contributed by atoms with van der Waals surface area (Å²) in [6.45, 7) is 6.86. The number of nitrogens with zero attached hydrogens (tertiary/aromatic N) is 2. The van der Waals surface area contributed by atoms with Crippen LogP contribution in [0.15, 0.2) is 35.1 Å². The lowest BCUT2D eigenvalue weighted by Gasteiger charge is -2.10. The van der Waals surface area contributed by atoms with E-state index in [2.05, 4.69) is 46.3 Å². The Hall–Kier alpha value is -1.33. The van der Waals surface area contributed by atoms with Crippen LogP contribution in [0.1, 0.15) is 25.8 Å². The zero-order chi connectivity index (χ0) is 14.4. The number of rotatable bonds is 7. The van der Waals surface area contributed by atoms with E-state index in [1.54, 1.807) is 6.20 Å². The molecule has 0 saturated heterocycles. The maximum atomic E-state index is 5.96. The zero-order valence-electron chi connectivity index (χ0n) is 11.9. The number of aryl methyl sites for hydroxylation is 1. The Morgan fingerprint density at radius 3 is 2.95 bits per heavy atom. The van der Waals surface area contributed by atoms with Gasteiger partial charge in [0.1, 0.15) is 5.75 Å². The van der Waals surface area contributed by atoms with Crippen molar-refractivity contribution in [2.24, 2.45) is 0 Å². The van der Waals surface area contributed by atoms with Gasteiger partial charge in [-0.2, -0.15) is 5.10 Å². The SMILES string of the molecule is CCCn1cc(Oc2cc(Br)ccc2CNCC)cn1. The Morgan fingerprint density at radius 2 is 2.20 bits per heavy atom. The van der Waals surface area contributed by atoms with Gasteiger partial charge in [0.05, 0.1) is 12.4 Å². The summed E-state index contributed by atoms with van der Waals surface area (Å²) in [7, 11) is 0. The molecule has 0 fully saturated rings. The van der Waals surface area contributed by atoms with E-state index in [0.717, 1.165) is 47.6 Å². The first kappa shape index (κ1) is 15.1. The Balaban J connectivity index is 2.15. The van der Waals surface area contributed by atoms with Gasteiger partial charge in [0.15, 0.2) is 5.75 Å². The summed E-state index contributed by atoms with van der Waals surface area (Å²) in [6, 6.07) is 6.09. The van der Waals surface area contributed by atoms with Gasteiger partial charge in [-0.1, -0.05) is 35.8 Å². The molecule has 108 valence electrons. The van der Waals surface area contributed by atoms with E-state index in [1.165, 1.54) is 0 Å². The van der Waals surface area contributed by atoms with Gasteiger partial charge in [0.2, 0.25) is 0 Å². The topological polar surface area (TPSA) is 39.1 Å². The summed E-state index contributed by atoms with van der Waals surface area (Å²) in [5, 5.41) is 7.60. The monoisotopic (exact) mass is 337 g/mol. The minimum absolute atomic E-state index is 0.772. The van der Waals surface area contributed by atoms with Crippen molar-refractivity contribution < 1.29 is 4.74 Å². The average molecular weight is 338 g/mol. The van der Waals surface area contributed by atoms with E-state index in [-0.39, 0.29) is 0 Å². The number of hydrogen-bond donors (Lipinski definition) is 1. The van der Waals surface area contributed by atoms with Crippen molar-refractivity contribution in [3.05, 3.63) is 40.6 Å². The summed E-state index contributed by atoms with van der Waals surface area (Å²) in [4.78, 5) is 0. The second-order valence-corrected chi connectivity index (χ2v) is 5.49. The molecule has 0 amide bonds. The second-order valence-electron chi connectivity index (χ2n) is 4.57. The molecule has 0 spiro atoms. The third-order valence-electron chi connectivity index (χ3n) is 2.88. The molecule has 0 aliphatic rings. The van der Waals surface area contributed by atoms with Gasteiger partial charge in [-0.05, 0) is 25.1 Å². The van der Waals surface area contributed by atoms with Gasteiger partial charge in [-0.15, -0.1) is 0 Å². The van der Waals surface area contributed by atoms with Crippen molar-refractivity contribution in [1.82, 2.24) is 15.1 Å². The van der Waals surface area contributed by atoms with Crippen molar-refractivity contribution in [1.29, 1.82) is 0 Å². The summed E-state index contributed by atoms with van der Waals surface area (Å²) in [6.07, 6.45) is 4.75. The van der Waals surface area contributed by atoms with Crippen LogP contribution in [0.3, 0.4) is 0 Å². The Kier molecular flexibility index (Phi) is 5.61. The highest BCUT2D eigenvalue weighted by Gasteiger charge is 2.07. The van der Waals surface area contributed by atoms with Gasteiger partial charge in [-0.3, -0.25) is 4.68 Å². The molecule has 1 N–H and O–H groups in total. The molecule has 0 atom stereocenters. The van der Waals surface area contributed by atoms with E-state index in [9.17, 15) is 0 Å². The molecule has 4 nitrogen and oxygen atoms in total. The van der Waals surface area contributed by atoms with E-state index >= 15 is 0 Å². The number of hydrogen-bond acceptors (Lipinski definition) is 3. The van der Waals surface area contributed by atoms with Crippen LogP contribution in [0.4, 0.5) is 0 Å². The van der Waals surface area contributed by atoms with E-state index in [1.807, 2.05) is 23.0 Å². The molecule has 0 unspecified atom stereocenters. The van der Waals surface area contributed by atoms with Crippen LogP contribution >= 0.6 is 15.9 Å². The van der Waals surface area contributed by atoms with Crippen LogP contribution in [0.2, 0.25) is 0 Å². The molecular weight excluding hydrogens is 318 g/mol. The predicted octanol–water partition coefficient (Wildman–Crippen LogP) is 3.96. The van der Waals surface area contributed by atoms with Crippen molar-refractivity contribution in [2.45, 2.75) is 33.4 Å². The standard InChI is InChI=1S/C15H20BrN3O/c1-3-7-19-11-14(10-18-19)20-15-8-13(16)6-5-12(15)9-17-4-2/h5-6,8,10-11,17H,3-4,7,9H2,1-2H3. The smallest absolute Gasteiger partial charge is 0.165 e. The highest BCUT2D eigenvalue weighted by Crippen LogP contribution is 2.28. The largest absolute Gasteiger partial charge is 0.454 e. The van der Waals surface area contributed by atoms with Crippen molar-refractivity contribution >= 4 is 15.9 Å². The highest BCUT2D eigenvalue weighted by atomic mass is 79.9. The summed E-state index contributed by atoms with van der Waals surface area (Å²) in [5.74, 6) is 1.63. The van der Waals surface area contributed by atoms with Crippen LogP contribution < -0.4 is 10.1 Å². The summed E-state index contributed by atoms with van der Waals surface area (Å²) < 4.78 is 8.87. The maximum absolute atomic E-state index is 5.96. The Morgan fingerprint density at radius 1 is 1.35 bits per heavy atom. The average Bonchev–Trinajstić information content (AvgIpc) is 2.86. The second kappa shape index (κ2) is 7.45. The molecule has 1 aromatic carbocycles. The van der Waals surface area contributed by atoms with Gasteiger partial charge >= 0.3 is 0 Å². The van der Waals surface area contributed by atoms with Crippen LogP contribution in [0.5, 0.6) is 11.5 Å². The third-order valence-corrected chi connectivity index (χ3v) is 3.38. The minimum Gasteiger partial charge on any atom is -0.454 e. The first-order valence-corrected chi connectivity index (χ1v) is 7.71. The normalized spacial score (nSPS) is 10.8. The summed E-state index contributed by atoms with van der Waals surface area (Å²) in [5.41, 5.74) is 1.14. The van der Waals surface area contributed by atoms with E-state index in [0.29, 0.717) is 0 Å². The van der Waals surface area contributed by atoms with Crippen LogP contribution in [0, 0.1) is 0 Å². The lowest BCUT2D eigenvalue weighted by molar-refractivity contribution is 0.471. The number of nitrogens with one attached hydrogen (secondary N) is 1. The molecular formula is C15H20BrN3O. The molecule has 0 radical (unpaired) electrons. The minimum atomic E-state index is 0.772. The lowest BCUT2D eigenvalue weighted by atomic mass is 10.2. The molecule has 2 rings (SSSR count). The molecule has 0 bridgehead atoms. The first-order valence-electron chi connectivity index (χ1n) is 6.92. The van der Waals surface area contributed by atoms with Crippen molar-refractivity contribution in [2.75, 3.05) is 6.54 Å². The fourth-order valence-electron chi connectivity index (χ4n) is 1.90. The van der Waals surface area contributed by atoms with Crippen LogP contribution in [-0.2, 0) is 13.1 Å². The van der Waals surface area contributed by atoms with Crippen LogP contribution in [-0.4, -0.2) is 16.3 Å². The predicted molar refractivity (Wildman–Crippen MR) is 84.1 cm³/mol. The Bertz CT molecular complexity index is 554. The quantitative estimate of drug-likeness (QED) is 0.831. The molecule has 5 heteroatoms. The fraction of sp³-hybridized carbons (Fsp3) is 0.400. The first-order chi connectivity index (χ1) is 9.72. The zero-order valence-corrected chi connectivity index (χ0v) is 13.5. The Labute approximate surface area is 128 Å². The van der Waals surface area contributed by atoms with E-state index in [4.69, 9.17) is 4.74 Å². The van der Waals surface area contributed by atoms with Crippen LogP contribution in [0.25, 0.3) is 0 Å². The summed E-state index contributed by atoms with van der Waals surface area (Å²) >= 11 is 3.49. The molecule has 0 aliphatic carbocycles. The van der Waals surface area contributed by atoms with E-state index < -0.39 is 0 Å². The highest BCUT2D eigenvalue weighted by molar-refractivity contribution is 9.10. The molecule has 1 heterocycles. The molecule has 20 heavy (non-hydrogen) atoms. The van der Waals surface area contributed by atoms with Gasteiger partial charge in [0, 0.05) is 23.1 Å².